The van der Waals surface area contributed by atoms with Crippen LogP contribution in [0.25, 0.3) is 39.0 Å². The maximum Gasteiger partial charge on any atom is 0.137 e. The van der Waals surface area contributed by atoms with Gasteiger partial charge in [0.05, 0.1) is 5.52 Å². The third-order valence-corrected chi connectivity index (χ3v) is 6.38. The number of hydrogen-bond acceptors (Lipinski definition) is 2. The SMILES string of the molecule is CC1(C)c2ccccc2-c2c1ccc1ccn(-c3cc(-c4cccnc4)ccn3)c21. The van der Waals surface area contributed by atoms with Gasteiger partial charge in [0.25, 0.3) is 0 Å². The number of nitrogens with zero attached hydrogens (tertiary/aromatic N) is 3. The molecule has 0 aliphatic heterocycles. The highest BCUT2D eigenvalue weighted by Gasteiger charge is 2.36. The molecule has 0 radical (unpaired) electrons. The Hall–Kier alpha value is -3.72. The monoisotopic (exact) mass is 387 g/mol. The van der Waals surface area contributed by atoms with E-state index in [1.165, 1.54) is 33.2 Å². The lowest BCUT2D eigenvalue weighted by atomic mass is 9.82. The van der Waals surface area contributed by atoms with E-state index in [2.05, 4.69) is 84.2 Å². The molecule has 5 aromatic rings. The number of aromatic nitrogens is 3. The first kappa shape index (κ1) is 17.2. The molecule has 30 heavy (non-hydrogen) atoms. The van der Waals surface area contributed by atoms with Gasteiger partial charge in [-0.25, -0.2) is 4.98 Å². The quantitative estimate of drug-likeness (QED) is 0.351. The predicted molar refractivity (Wildman–Crippen MR) is 122 cm³/mol. The molecule has 1 aliphatic rings. The highest BCUT2D eigenvalue weighted by Crippen LogP contribution is 2.51. The van der Waals surface area contributed by atoms with Gasteiger partial charge >= 0.3 is 0 Å². The molecule has 144 valence electrons. The van der Waals surface area contributed by atoms with Crippen LogP contribution in [0.4, 0.5) is 0 Å². The Morgan fingerprint density at radius 3 is 2.57 bits per heavy atom. The van der Waals surface area contributed by atoms with Crippen molar-refractivity contribution in [1.82, 2.24) is 14.5 Å². The van der Waals surface area contributed by atoms with E-state index in [9.17, 15) is 0 Å². The van der Waals surface area contributed by atoms with E-state index in [-0.39, 0.29) is 5.41 Å². The fourth-order valence-corrected chi connectivity index (χ4v) is 4.87. The zero-order chi connectivity index (χ0) is 20.3. The van der Waals surface area contributed by atoms with E-state index in [1.54, 1.807) is 6.20 Å². The van der Waals surface area contributed by atoms with Gasteiger partial charge in [0, 0.05) is 46.7 Å². The molecule has 0 unspecified atom stereocenters. The lowest BCUT2D eigenvalue weighted by molar-refractivity contribution is 0.661. The second-order valence-electron chi connectivity index (χ2n) is 8.43. The predicted octanol–water partition coefficient (Wildman–Crippen LogP) is 6.39. The minimum atomic E-state index is -0.0137. The van der Waals surface area contributed by atoms with E-state index in [0.717, 1.165) is 16.9 Å². The van der Waals surface area contributed by atoms with Crippen LogP contribution in [-0.4, -0.2) is 14.5 Å². The summed E-state index contributed by atoms with van der Waals surface area (Å²) >= 11 is 0. The molecule has 3 heteroatoms. The number of pyridine rings is 2. The first-order chi connectivity index (χ1) is 14.6. The van der Waals surface area contributed by atoms with Crippen LogP contribution >= 0.6 is 0 Å². The van der Waals surface area contributed by atoms with Gasteiger partial charge in [-0.15, -0.1) is 0 Å². The van der Waals surface area contributed by atoms with Crippen molar-refractivity contribution >= 4 is 10.9 Å². The second-order valence-corrected chi connectivity index (χ2v) is 8.43. The largest absolute Gasteiger partial charge is 0.301 e. The van der Waals surface area contributed by atoms with Gasteiger partial charge in [-0.2, -0.15) is 0 Å². The van der Waals surface area contributed by atoms with Crippen molar-refractivity contribution in [2.45, 2.75) is 19.3 Å². The van der Waals surface area contributed by atoms with Crippen LogP contribution in [0.3, 0.4) is 0 Å². The molecular weight excluding hydrogens is 366 g/mol. The summed E-state index contributed by atoms with van der Waals surface area (Å²) in [6.45, 7) is 4.64. The third-order valence-electron chi connectivity index (χ3n) is 6.38. The second kappa shape index (κ2) is 6.14. The van der Waals surface area contributed by atoms with Gasteiger partial charge < -0.3 is 4.57 Å². The molecule has 0 atom stereocenters. The van der Waals surface area contributed by atoms with Crippen LogP contribution in [0.2, 0.25) is 0 Å². The summed E-state index contributed by atoms with van der Waals surface area (Å²) in [7, 11) is 0. The molecule has 0 fully saturated rings. The van der Waals surface area contributed by atoms with Gasteiger partial charge in [-0.1, -0.05) is 56.3 Å². The summed E-state index contributed by atoms with van der Waals surface area (Å²) in [4.78, 5) is 8.98. The van der Waals surface area contributed by atoms with Crippen molar-refractivity contribution in [2.75, 3.05) is 0 Å². The Morgan fingerprint density at radius 2 is 1.70 bits per heavy atom. The van der Waals surface area contributed by atoms with Crippen LogP contribution in [0.5, 0.6) is 0 Å². The van der Waals surface area contributed by atoms with Crippen molar-refractivity contribution in [2.24, 2.45) is 0 Å². The number of fused-ring (bicyclic) bond motifs is 5. The fraction of sp³-hybridized carbons (Fsp3) is 0.111. The standard InChI is InChI=1S/C27H21N3/c1-27(2)22-8-4-3-7-21(22)25-23(27)10-9-18-12-15-30(26(18)25)24-16-19(11-14-29-24)20-6-5-13-28-17-20/h3-17H,1-2H3. The molecule has 0 saturated heterocycles. The summed E-state index contributed by atoms with van der Waals surface area (Å²) in [6, 6.07) is 23.7. The maximum absolute atomic E-state index is 4.72. The average Bonchev–Trinajstić information content (AvgIpc) is 3.32. The fourth-order valence-electron chi connectivity index (χ4n) is 4.87. The van der Waals surface area contributed by atoms with Crippen LogP contribution < -0.4 is 0 Å². The Labute approximate surface area is 175 Å². The molecule has 0 bridgehead atoms. The number of rotatable bonds is 2. The maximum atomic E-state index is 4.72. The number of benzene rings is 2. The highest BCUT2D eigenvalue weighted by molar-refractivity contribution is 6.01. The van der Waals surface area contributed by atoms with Crippen LogP contribution in [0.15, 0.2) is 91.5 Å². The lowest BCUT2D eigenvalue weighted by Gasteiger charge is -2.21. The Bertz CT molecular complexity index is 1410. The lowest BCUT2D eigenvalue weighted by Crippen LogP contribution is -2.14. The van der Waals surface area contributed by atoms with Gasteiger partial charge in [0.2, 0.25) is 0 Å². The zero-order valence-corrected chi connectivity index (χ0v) is 17.0. The van der Waals surface area contributed by atoms with Gasteiger partial charge in [-0.05, 0) is 46.5 Å². The normalized spacial score (nSPS) is 13.9. The molecule has 2 aromatic carbocycles. The number of hydrogen-bond donors (Lipinski definition) is 0. The van der Waals surface area contributed by atoms with Crippen molar-refractivity contribution in [3.8, 4) is 28.1 Å². The molecule has 3 heterocycles. The minimum absolute atomic E-state index is 0.0137. The molecule has 1 aliphatic carbocycles. The first-order valence-electron chi connectivity index (χ1n) is 10.3. The Kier molecular flexibility index (Phi) is 3.51. The van der Waals surface area contributed by atoms with E-state index in [1.807, 2.05) is 24.5 Å². The van der Waals surface area contributed by atoms with E-state index >= 15 is 0 Å². The molecule has 0 spiro atoms. The molecule has 0 N–H and O–H groups in total. The first-order valence-corrected chi connectivity index (χ1v) is 10.3. The molecule has 6 rings (SSSR count). The highest BCUT2D eigenvalue weighted by atomic mass is 15.0. The molecular formula is C27H21N3. The zero-order valence-electron chi connectivity index (χ0n) is 17.0. The van der Waals surface area contributed by atoms with Crippen molar-refractivity contribution in [3.63, 3.8) is 0 Å². The summed E-state index contributed by atoms with van der Waals surface area (Å²) in [6.07, 6.45) is 7.70. The van der Waals surface area contributed by atoms with Gasteiger partial charge in [0.15, 0.2) is 0 Å². The third kappa shape index (κ3) is 2.32. The molecule has 0 saturated carbocycles. The van der Waals surface area contributed by atoms with E-state index in [0.29, 0.717) is 0 Å². The van der Waals surface area contributed by atoms with Gasteiger partial charge in [-0.3, -0.25) is 4.98 Å². The summed E-state index contributed by atoms with van der Waals surface area (Å²) < 4.78 is 2.23. The van der Waals surface area contributed by atoms with Crippen molar-refractivity contribution in [3.05, 3.63) is 103 Å². The Morgan fingerprint density at radius 1 is 0.800 bits per heavy atom. The molecule has 0 amide bonds. The van der Waals surface area contributed by atoms with Crippen molar-refractivity contribution < 1.29 is 0 Å². The molecule has 3 nitrogen and oxygen atoms in total. The van der Waals surface area contributed by atoms with Crippen LogP contribution in [-0.2, 0) is 5.41 Å². The van der Waals surface area contributed by atoms with E-state index < -0.39 is 0 Å². The molecule has 3 aromatic heterocycles. The summed E-state index contributed by atoms with van der Waals surface area (Å²) in [5.74, 6) is 0.918. The Balaban J connectivity index is 1.63. The smallest absolute Gasteiger partial charge is 0.137 e. The topological polar surface area (TPSA) is 30.7 Å². The minimum Gasteiger partial charge on any atom is -0.301 e. The van der Waals surface area contributed by atoms with Crippen LogP contribution in [0.1, 0.15) is 25.0 Å². The average molecular weight is 387 g/mol. The van der Waals surface area contributed by atoms with Crippen LogP contribution in [0, 0.1) is 0 Å². The van der Waals surface area contributed by atoms with Gasteiger partial charge in [0.1, 0.15) is 5.82 Å². The van der Waals surface area contributed by atoms with Crippen molar-refractivity contribution in [1.29, 1.82) is 0 Å². The summed E-state index contributed by atoms with van der Waals surface area (Å²) in [5, 5.41) is 1.23. The van der Waals surface area contributed by atoms with E-state index in [4.69, 9.17) is 4.98 Å². The summed E-state index contributed by atoms with van der Waals surface area (Å²) in [5.41, 5.74) is 8.83.